The molecule has 1 aromatic rings. The lowest BCUT2D eigenvalue weighted by atomic mass is 10.0. The van der Waals surface area contributed by atoms with Crippen LogP contribution in [0.1, 0.15) is 27.7 Å². The largest absolute Gasteiger partial charge is 0.465 e. The molecule has 0 heterocycles. The van der Waals surface area contributed by atoms with Crippen molar-refractivity contribution in [1.29, 1.82) is 0 Å². The van der Waals surface area contributed by atoms with Crippen molar-refractivity contribution >= 4 is 33.4 Å². The van der Waals surface area contributed by atoms with Gasteiger partial charge in [0.05, 0.1) is 17.5 Å². The van der Waals surface area contributed by atoms with E-state index in [9.17, 15) is 9.59 Å². The maximum atomic E-state index is 11.5. The zero-order chi connectivity index (χ0) is 12.3. The monoisotopic (exact) mass is 285 g/mol. The molecule has 2 N–H and O–H groups in total. The molecule has 16 heavy (non-hydrogen) atoms. The predicted octanol–water partition coefficient (Wildman–Crippen LogP) is 2.08. The molecule has 0 aromatic heterocycles. The highest BCUT2D eigenvalue weighted by atomic mass is 79.9. The number of carbonyl (C=O) groups excluding carboxylic acids is 2. The molecule has 1 atom stereocenters. The number of hydrogen-bond donors (Lipinski definition) is 1. The summed E-state index contributed by atoms with van der Waals surface area (Å²) in [6, 6.07) is 4.73. The summed E-state index contributed by atoms with van der Waals surface area (Å²) in [4.78, 5) is 22.2. The average molecular weight is 286 g/mol. The lowest BCUT2D eigenvalue weighted by molar-refractivity contribution is -0.116. The van der Waals surface area contributed by atoms with Crippen molar-refractivity contribution in [1.82, 2.24) is 0 Å². The van der Waals surface area contributed by atoms with Gasteiger partial charge in [0.2, 0.25) is 0 Å². The van der Waals surface area contributed by atoms with E-state index in [0.717, 1.165) is 0 Å². The number of Topliss-reactive ketones (excluding diaryl/α,β-unsaturated/α-hetero) is 1. The van der Waals surface area contributed by atoms with E-state index in [4.69, 9.17) is 5.73 Å². The van der Waals surface area contributed by atoms with Crippen molar-refractivity contribution in [2.75, 3.05) is 12.8 Å². The number of halogens is 1. The molecule has 0 saturated heterocycles. The van der Waals surface area contributed by atoms with E-state index < -0.39 is 10.8 Å². The number of esters is 1. The van der Waals surface area contributed by atoms with Crippen LogP contribution >= 0.6 is 15.9 Å². The minimum atomic E-state index is -0.551. The van der Waals surface area contributed by atoms with Crippen molar-refractivity contribution in [3.05, 3.63) is 29.3 Å². The summed E-state index contributed by atoms with van der Waals surface area (Å²) >= 11 is 3.22. The maximum Gasteiger partial charge on any atom is 0.338 e. The number of hydrogen-bond acceptors (Lipinski definition) is 4. The van der Waals surface area contributed by atoms with Crippen LogP contribution in [0.4, 0.5) is 5.69 Å². The summed E-state index contributed by atoms with van der Waals surface area (Å²) in [6.45, 7) is 1.43. The lowest BCUT2D eigenvalue weighted by Crippen LogP contribution is -2.11. The van der Waals surface area contributed by atoms with Gasteiger partial charge in [-0.3, -0.25) is 4.79 Å². The van der Waals surface area contributed by atoms with Crippen LogP contribution in [0, 0.1) is 0 Å². The molecule has 1 rings (SSSR count). The Morgan fingerprint density at radius 2 is 2.06 bits per heavy atom. The Bertz CT molecular complexity index is 431. The van der Waals surface area contributed by atoms with Gasteiger partial charge in [0.15, 0.2) is 0 Å². The first-order valence-electron chi connectivity index (χ1n) is 4.59. The number of alkyl halides is 1. The normalized spacial score (nSPS) is 11.9. The molecular formula is C11H12BrNO3. The van der Waals surface area contributed by atoms with Crippen LogP contribution in [0.2, 0.25) is 0 Å². The molecule has 0 saturated carbocycles. The van der Waals surface area contributed by atoms with E-state index in [-0.39, 0.29) is 5.78 Å². The minimum absolute atomic E-state index is 0.101. The van der Waals surface area contributed by atoms with Gasteiger partial charge in [-0.2, -0.15) is 0 Å². The van der Waals surface area contributed by atoms with E-state index in [0.29, 0.717) is 16.8 Å². The Kier molecular flexibility index (Phi) is 4.06. The van der Waals surface area contributed by atoms with Crippen LogP contribution in [0.25, 0.3) is 0 Å². The van der Waals surface area contributed by atoms with Crippen molar-refractivity contribution in [3.8, 4) is 0 Å². The van der Waals surface area contributed by atoms with Crippen LogP contribution in [0.15, 0.2) is 18.2 Å². The molecule has 0 aliphatic heterocycles. The van der Waals surface area contributed by atoms with Crippen LogP contribution in [-0.2, 0) is 9.53 Å². The number of ketones is 1. The molecule has 4 nitrogen and oxygen atoms in total. The van der Waals surface area contributed by atoms with Crippen LogP contribution in [0.5, 0.6) is 0 Å². The average Bonchev–Trinajstić information content (AvgIpc) is 2.26. The maximum absolute atomic E-state index is 11.5. The summed E-state index contributed by atoms with van der Waals surface area (Å²) in [5.41, 5.74) is 6.99. The highest BCUT2D eigenvalue weighted by Gasteiger charge is 2.21. The van der Waals surface area contributed by atoms with Crippen LogP contribution < -0.4 is 5.73 Å². The van der Waals surface area contributed by atoms with Gasteiger partial charge in [-0.05, 0) is 30.7 Å². The van der Waals surface area contributed by atoms with Gasteiger partial charge in [-0.25, -0.2) is 4.79 Å². The molecule has 1 aromatic carbocycles. The third-order valence-electron chi connectivity index (χ3n) is 2.11. The molecule has 0 amide bonds. The van der Waals surface area contributed by atoms with Crippen LogP contribution in [-0.4, -0.2) is 18.9 Å². The molecule has 0 aliphatic rings. The van der Waals surface area contributed by atoms with Crippen LogP contribution in [0.3, 0.4) is 0 Å². The highest BCUT2D eigenvalue weighted by molar-refractivity contribution is 9.09. The SMILES string of the molecule is COC(=O)c1ccc(N)cc1C(Br)C(C)=O. The molecule has 5 heteroatoms. The van der Waals surface area contributed by atoms with E-state index in [2.05, 4.69) is 20.7 Å². The highest BCUT2D eigenvalue weighted by Crippen LogP contribution is 2.29. The second-order valence-electron chi connectivity index (χ2n) is 3.31. The molecular weight excluding hydrogens is 274 g/mol. The second-order valence-corrected chi connectivity index (χ2v) is 4.23. The Morgan fingerprint density at radius 3 is 2.56 bits per heavy atom. The molecule has 0 bridgehead atoms. The fourth-order valence-electron chi connectivity index (χ4n) is 1.31. The minimum Gasteiger partial charge on any atom is -0.465 e. The second kappa shape index (κ2) is 5.12. The number of rotatable bonds is 3. The van der Waals surface area contributed by atoms with Gasteiger partial charge in [0, 0.05) is 5.69 Å². The van der Waals surface area contributed by atoms with Crippen molar-refractivity contribution in [2.24, 2.45) is 0 Å². The standard InChI is InChI=1S/C11H12BrNO3/c1-6(14)10(12)9-5-7(13)3-4-8(9)11(15)16-2/h3-5,10H,13H2,1-2H3. The van der Waals surface area contributed by atoms with Gasteiger partial charge >= 0.3 is 5.97 Å². The van der Waals surface area contributed by atoms with E-state index in [1.54, 1.807) is 18.2 Å². The number of benzene rings is 1. The molecule has 0 aliphatic carbocycles. The Labute approximate surface area is 102 Å². The Hall–Kier alpha value is -1.36. The number of anilines is 1. The Morgan fingerprint density at radius 1 is 1.44 bits per heavy atom. The van der Waals surface area contributed by atoms with Gasteiger partial charge in [0.25, 0.3) is 0 Å². The smallest absolute Gasteiger partial charge is 0.338 e. The third-order valence-corrected chi connectivity index (χ3v) is 3.25. The molecule has 0 spiro atoms. The van der Waals surface area contributed by atoms with Crippen molar-refractivity contribution in [2.45, 2.75) is 11.8 Å². The van der Waals surface area contributed by atoms with E-state index in [1.165, 1.54) is 14.0 Å². The number of nitrogen functional groups attached to an aromatic ring is 1. The zero-order valence-corrected chi connectivity index (χ0v) is 10.6. The first-order valence-corrected chi connectivity index (χ1v) is 5.51. The quantitative estimate of drug-likeness (QED) is 0.524. The fourth-order valence-corrected chi connectivity index (χ4v) is 1.68. The molecule has 0 fully saturated rings. The van der Waals surface area contributed by atoms with Gasteiger partial charge < -0.3 is 10.5 Å². The van der Waals surface area contributed by atoms with Gasteiger partial charge in [0.1, 0.15) is 5.78 Å². The number of ether oxygens (including phenoxy) is 1. The zero-order valence-electron chi connectivity index (χ0n) is 8.99. The summed E-state index contributed by atoms with van der Waals surface area (Å²) in [5, 5.41) is 0. The van der Waals surface area contributed by atoms with Gasteiger partial charge in [-0.15, -0.1) is 0 Å². The first-order chi connectivity index (χ1) is 7.47. The molecule has 0 radical (unpaired) electrons. The Balaban J connectivity index is 3.28. The lowest BCUT2D eigenvalue weighted by Gasteiger charge is -2.12. The van der Waals surface area contributed by atoms with Crippen molar-refractivity contribution in [3.63, 3.8) is 0 Å². The summed E-state index contributed by atoms with van der Waals surface area (Å²) in [5.74, 6) is -0.587. The third kappa shape index (κ3) is 2.61. The number of carbonyl (C=O) groups is 2. The van der Waals surface area contributed by atoms with Crippen molar-refractivity contribution < 1.29 is 14.3 Å². The number of methoxy groups -OCH3 is 1. The predicted molar refractivity (Wildman–Crippen MR) is 64.5 cm³/mol. The van der Waals surface area contributed by atoms with Gasteiger partial charge in [-0.1, -0.05) is 15.9 Å². The summed E-state index contributed by atoms with van der Waals surface area (Å²) in [7, 11) is 1.29. The van der Waals surface area contributed by atoms with E-state index in [1.807, 2.05) is 0 Å². The van der Waals surface area contributed by atoms with E-state index >= 15 is 0 Å². The summed E-state index contributed by atoms with van der Waals surface area (Å²) in [6.07, 6.45) is 0. The fraction of sp³-hybridized carbons (Fsp3) is 0.273. The summed E-state index contributed by atoms with van der Waals surface area (Å²) < 4.78 is 4.63. The topological polar surface area (TPSA) is 69.4 Å². The number of nitrogens with two attached hydrogens (primary N) is 1. The first kappa shape index (κ1) is 12.7. The molecule has 1 unspecified atom stereocenters. The molecule has 86 valence electrons.